The normalized spacial score (nSPS) is 17.1. The summed E-state index contributed by atoms with van der Waals surface area (Å²) in [4.78, 5) is 49.2. The molecule has 0 aliphatic carbocycles. The maximum atomic E-state index is 13.4. The summed E-state index contributed by atoms with van der Waals surface area (Å²) in [6.45, 7) is 7.18. The van der Waals surface area contributed by atoms with Gasteiger partial charge < -0.3 is 19.4 Å². The minimum Gasteiger partial charge on any atom is -0.450 e. The van der Waals surface area contributed by atoms with Crippen molar-refractivity contribution in [3.05, 3.63) is 57.6 Å². The molecule has 0 aromatic carbocycles. The molecule has 2 aliphatic heterocycles. The molecular weight excluding hydrogens is 464 g/mol. The van der Waals surface area contributed by atoms with Crippen LogP contribution in [0.4, 0.5) is 4.79 Å². The molecule has 0 saturated carbocycles. The molecular formula is C26H32N4O4S. The standard InChI is InChI=1S/C26H32N4O4S/c1-3-34-26(33)30-16-14-29(15-17-30)25(32)22-8-6-19(2)27-24(22)20-10-12-28(13-11-20)23(31)9-7-21-5-4-18-35-21/h4-9,18,20H,3,10-17H2,1-2H3. The van der Waals surface area contributed by atoms with Crippen molar-refractivity contribution < 1.29 is 19.1 Å². The van der Waals surface area contributed by atoms with E-state index in [1.54, 1.807) is 34.1 Å². The zero-order valence-corrected chi connectivity index (χ0v) is 21.1. The van der Waals surface area contributed by atoms with Crippen LogP contribution in [0.3, 0.4) is 0 Å². The summed E-state index contributed by atoms with van der Waals surface area (Å²) in [5.74, 6) is 0.0956. The lowest BCUT2D eigenvalue weighted by Gasteiger charge is -2.35. The Morgan fingerprint density at radius 3 is 2.40 bits per heavy atom. The Labute approximate surface area is 210 Å². The summed E-state index contributed by atoms with van der Waals surface area (Å²) in [5.41, 5.74) is 2.33. The molecule has 2 aromatic heterocycles. The summed E-state index contributed by atoms with van der Waals surface area (Å²) in [7, 11) is 0. The fourth-order valence-electron chi connectivity index (χ4n) is 4.56. The number of carbonyl (C=O) groups is 3. The van der Waals surface area contributed by atoms with Crippen molar-refractivity contribution in [3.8, 4) is 0 Å². The van der Waals surface area contributed by atoms with E-state index in [2.05, 4.69) is 0 Å². The van der Waals surface area contributed by atoms with Gasteiger partial charge in [-0.15, -0.1) is 11.3 Å². The van der Waals surface area contributed by atoms with Crippen LogP contribution in [0, 0.1) is 6.92 Å². The minimum absolute atomic E-state index is 0.0184. The molecule has 0 spiro atoms. The monoisotopic (exact) mass is 496 g/mol. The first-order valence-electron chi connectivity index (χ1n) is 12.1. The Morgan fingerprint density at radius 2 is 1.74 bits per heavy atom. The van der Waals surface area contributed by atoms with Gasteiger partial charge in [-0.2, -0.15) is 0 Å². The number of aryl methyl sites for hydroxylation is 1. The third-order valence-corrected chi connectivity index (χ3v) is 7.35. The van der Waals surface area contributed by atoms with Crippen molar-refractivity contribution in [2.24, 2.45) is 0 Å². The molecule has 0 N–H and O–H groups in total. The summed E-state index contributed by atoms with van der Waals surface area (Å²) < 4.78 is 5.07. The number of aromatic nitrogens is 1. The second kappa shape index (κ2) is 11.5. The van der Waals surface area contributed by atoms with E-state index < -0.39 is 0 Å². The maximum absolute atomic E-state index is 13.4. The van der Waals surface area contributed by atoms with Gasteiger partial charge in [0.25, 0.3) is 5.91 Å². The third kappa shape index (κ3) is 6.08. The van der Waals surface area contributed by atoms with Crippen LogP contribution in [-0.4, -0.2) is 83.5 Å². The largest absolute Gasteiger partial charge is 0.450 e. The number of rotatable bonds is 5. The molecule has 9 heteroatoms. The summed E-state index contributed by atoms with van der Waals surface area (Å²) >= 11 is 1.60. The number of carbonyl (C=O) groups excluding carboxylic acids is 3. The molecule has 186 valence electrons. The highest BCUT2D eigenvalue weighted by Crippen LogP contribution is 2.30. The fourth-order valence-corrected chi connectivity index (χ4v) is 5.18. The molecule has 0 radical (unpaired) electrons. The van der Waals surface area contributed by atoms with Gasteiger partial charge in [0.2, 0.25) is 5.91 Å². The first-order chi connectivity index (χ1) is 17.0. The SMILES string of the molecule is CCOC(=O)N1CCN(C(=O)c2ccc(C)nc2C2CCN(C(=O)C=Cc3cccs3)CC2)CC1. The Morgan fingerprint density at radius 1 is 1.03 bits per heavy atom. The van der Waals surface area contributed by atoms with Crippen LogP contribution in [0.5, 0.6) is 0 Å². The van der Waals surface area contributed by atoms with Crippen LogP contribution in [0.25, 0.3) is 6.08 Å². The molecule has 2 aliphatic rings. The Balaban J connectivity index is 1.39. The van der Waals surface area contributed by atoms with Crippen LogP contribution in [0.15, 0.2) is 35.7 Å². The minimum atomic E-state index is -0.330. The summed E-state index contributed by atoms with van der Waals surface area (Å²) in [6, 6.07) is 7.70. The van der Waals surface area contributed by atoms with E-state index >= 15 is 0 Å². The van der Waals surface area contributed by atoms with Crippen molar-refractivity contribution in [3.63, 3.8) is 0 Å². The Kier molecular flexibility index (Phi) is 8.17. The first kappa shape index (κ1) is 24.9. The van der Waals surface area contributed by atoms with E-state index in [9.17, 15) is 14.4 Å². The fraction of sp³-hybridized carbons (Fsp3) is 0.462. The zero-order chi connectivity index (χ0) is 24.8. The molecule has 2 saturated heterocycles. The van der Waals surface area contributed by atoms with Crippen molar-refractivity contribution in [2.75, 3.05) is 45.9 Å². The molecule has 0 bridgehead atoms. The van der Waals surface area contributed by atoms with Gasteiger partial charge in [0, 0.05) is 61.8 Å². The van der Waals surface area contributed by atoms with Crippen LogP contribution < -0.4 is 0 Å². The van der Waals surface area contributed by atoms with Gasteiger partial charge in [-0.3, -0.25) is 14.6 Å². The maximum Gasteiger partial charge on any atom is 0.409 e. The van der Waals surface area contributed by atoms with Gasteiger partial charge in [0.15, 0.2) is 0 Å². The lowest BCUT2D eigenvalue weighted by molar-refractivity contribution is -0.127. The molecule has 8 nitrogen and oxygen atoms in total. The highest BCUT2D eigenvalue weighted by Gasteiger charge is 2.31. The van der Waals surface area contributed by atoms with E-state index in [0.29, 0.717) is 51.4 Å². The van der Waals surface area contributed by atoms with E-state index in [0.717, 1.165) is 29.1 Å². The molecule has 2 aromatic rings. The lowest BCUT2D eigenvalue weighted by atomic mass is 9.89. The number of piperidine rings is 1. The van der Waals surface area contributed by atoms with Crippen molar-refractivity contribution in [1.82, 2.24) is 19.7 Å². The van der Waals surface area contributed by atoms with Gasteiger partial charge >= 0.3 is 6.09 Å². The van der Waals surface area contributed by atoms with Crippen molar-refractivity contribution in [1.29, 1.82) is 0 Å². The number of amides is 3. The Bertz CT molecular complexity index is 1070. The van der Waals surface area contributed by atoms with E-state index in [4.69, 9.17) is 9.72 Å². The van der Waals surface area contributed by atoms with Gasteiger partial charge in [0.1, 0.15) is 0 Å². The predicted octanol–water partition coefficient (Wildman–Crippen LogP) is 3.79. The molecule has 3 amide bonds. The van der Waals surface area contributed by atoms with Crippen LogP contribution in [0.2, 0.25) is 0 Å². The molecule has 35 heavy (non-hydrogen) atoms. The molecule has 4 heterocycles. The number of hydrogen-bond acceptors (Lipinski definition) is 6. The van der Waals surface area contributed by atoms with E-state index in [1.807, 2.05) is 47.5 Å². The highest BCUT2D eigenvalue weighted by molar-refractivity contribution is 7.10. The van der Waals surface area contributed by atoms with E-state index in [-0.39, 0.29) is 23.8 Å². The number of likely N-dealkylation sites (tertiary alicyclic amines) is 1. The molecule has 4 rings (SSSR count). The van der Waals surface area contributed by atoms with Crippen LogP contribution in [0.1, 0.15) is 52.3 Å². The lowest BCUT2D eigenvalue weighted by Crippen LogP contribution is -2.51. The first-order valence-corrected chi connectivity index (χ1v) is 13.0. The molecule has 0 unspecified atom stereocenters. The number of thiophene rings is 1. The summed E-state index contributed by atoms with van der Waals surface area (Å²) in [6.07, 6.45) is 4.71. The van der Waals surface area contributed by atoms with Crippen LogP contribution >= 0.6 is 11.3 Å². The Hall–Kier alpha value is -3.20. The van der Waals surface area contributed by atoms with Crippen LogP contribution in [-0.2, 0) is 9.53 Å². The zero-order valence-electron chi connectivity index (χ0n) is 20.3. The predicted molar refractivity (Wildman–Crippen MR) is 135 cm³/mol. The van der Waals surface area contributed by atoms with Gasteiger partial charge in [0.05, 0.1) is 17.9 Å². The second-order valence-electron chi connectivity index (χ2n) is 8.81. The van der Waals surface area contributed by atoms with Crippen molar-refractivity contribution in [2.45, 2.75) is 32.6 Å². The van der Waals surface area contributed by atoms with Gasteiger partial charge in [-0.05, 0) is 56.3 Å². The number of hydrogen-bond donors (Lipinski definition) is 0. The van der Waals surface area contributed by atoms with Gasteiger partial charge in [-0.1, -0.05) is 6.07 Å². The molecule has 0 atom stereocenters. The quantitative estimate of drug-likeness (QED) is 0.589. The summed E-state index contributed by atoms with van der Waals surface area (Å²) in [5, 5.41) is 1.99. The average molecular weight is 497 g/mol. The second-order valence-corrected chi connectivity index (χ2v) is 9.79. The topological polar surface area (TPSA) is 83.1 Å². The number of ether oxygens (including phenoxy) is 1. The molecule has 2 fully saturated rings. The number of pyridine rings is 1. The smallest absolute Gasteiger partial charge is 0.409 e. The van der Waals surface area contributed by atoms with Gasteiger partial charge in [-0.25, -0.2) is 4.79 Å². The number of nitrogens with zero attached hydrogens (tertiary/aromatic N) is 4. The van der Waals surface area contributed by atoms with E-state index in [1.165, 1.54) is 0 Å². The number of piperazine rings is 1. The third-order valence-electron chi connectivity index (χ3n) is 6.51. The van der Waals surface area contributed by atoms with Crippen molar-refractivity contribution >= 4 is 35.3 Å². The highest BCUT2D eigenvalue weighted by atomic mass is 32.1. The average Bonchev–Trinajstić information content (AvgIpc) is 3.41.